The van der Waals surface area contributed by atoms with Gasteiger partial charge in [0.25, 0.3) is 10.0 Å². The van der Waals surface area contributed by atoms with E-state index in [-0.39, 0.29) is 21.4 Å². The highest BCUT2D eigenvalue weighted by Gasteiger charge is 2.16. The molecule has 2 rings (SSSR count). The van der Waals surface area contributed by atoms with Crippen molar-refractivity contribution in [1.29, 1.82) is 0 Å². The van der Waals surface area contributed by atoms with Crippen molar-refractivity contribution in [3.05, 3.63) is 52.5 Å². The Kier molecular flexibility index (Phi) is 6.79. The highest BCUT2D eigenvalue weighted by atomic mass is 35.5. The summed E-state index contributed by atoms with van der Waals surface area (Å²) in [7, 11) is -7.29. The third-order valence-electron chi connectivity index (χ3n) is 3.38. The molecule has 0 unspecified atom stereocenters. The molecule has 0 heterocycles. The summed E-state index contributed by atoms with van der Waals surface area (Å²) in [6, 6.07) is 9.80. The first-order valence-electron chi connectivity index (χ1n) is 7.71. The summed E-state index contributed by atoms with van der Waals surface area (Å²) in [5.41, 5.74) is 0.568. The topological polar surface area (TPSA) is 92.3 Å². The Morgan fingerprint density at radius 3 is 2.04 bits per heavy atom. The van der Waals surface area contributed by atoms with Crippen LogP contribution in [0.5, 0.6) is 0 Å². The van der Waals surface area contributed by atoms with Crippen LogP contribution < -0.4 is 9.44 Å². The van der Waals surface area contributed by atoms with Gasteiger partial charge >= 0.3 is 0 Å². The van der Waals surface area contributed by atoms with Crippen LogP contribution in [0.15, 0.2) is 47.4 Å². The minimum atomic E-state index is -3.85. The quantitative estimate of drug-likeness (QED) is 0.643. The van der Waals surface area contributed by atoms with Crippen LogP contribution in [-0.2, 0) is 20.0 Å². The standard InChI is InChI=1S/C16H18Cl2N2O4S2/c1-2-3-10-25(21,22)19-12-4-7-14(8-5-12)26(23,24)20-13-6-9-15(17)16(18)11-13/h4-9,11,19-20H,2-3,10H2,1H3. The van der Waals surface area contributed by atoms with E-state index in [1.807, 2.05) is 6.92 Å². The molecule has 6 nitrogen and oxygen atoms in total. The molecule has 0 saturated carbocycles. The van der Waals surface area contributed by atoms with Crippen LogP contribution in [0.3, 0.4) is 0 Å². The lowest BCUT2D eigenvalue weighted by Crippen LogP contribution is -2.17. The van der Waals surface area contributed by atoms with Gasteiger partial charge in [0.15, 0.2) is 0 Å². The predicted molar refractivity (Wildman–Crippen MR) is 106 cm³/mol. The molecule has 26 heavy (non-hydrogen) atoms. The Labute approximate surface area is 163 Å². The molecule has 0 aliphatic rings. The normalized spacial score (nSPS) is 12.0. The minimum Gasteiger partial charge on any atom is -0.284 e. The van der Waals surface area contributed by atoms with Gasteiger partial charge in [-0.05, 0) is 48.9 Å². The van der Waals surface area contributed by atoms with E-state index in [0.29, 0.717) is 17.1 Å². The van der Waals surface area contributed by atoms with Crippen molar-refractivity contribution in [2.45, 2.75) is 24.7 Å². The molecule has 2 N–H and O–H groups in total. The van der Waals surface area contributed by atoms with Crippen LogP contribution >= 0.6 is 23.2 Å². The number of nitrogens with one attached hydrogen (secondary N) is 2. The fourth-order valence-electron chi connectivity index (χ4n) is 2.04. The number of halogens is 2. The molecule has 142 valence electrons. The summed E-state index contributed by atoms with van der Waals surface area (Å²) < 4.78 is 53.4. The Hall–Kier alpha value is -1.48. The van der Waals surface area contributed by atoms with Crippen molar-refractivity contribution in [2.24, 2.45) is 0 Å². The van der Waals surface area contributed by atoms with Crippen LogP contribution in [0.1, 0.15) is 19.8 Å². The molecule has 0 fully saturated rings. The highest BCUT2D eigenvalue weighted by Crippen LogP contribution is 2.26. The van der Waals surface area contributed by atoms with Crippen molar-refractivity contribution in [1.82, 2.24) is 0 Å². The first kappa shape index (κ1) is 20.8. The molecule has 2 aromatic rings. The zero-order valence-electron chi connectivity index (χ0n) is 13.9. The molecular formula is C16H18Cl2N2O4S2. The molecular weight excluding hydrogens is 419 g/mol. The van der Waals surface area contributed by atoms with Crippen LogP contribution in [0.4, 0.5) is 11.4 Å². The predicted octanol–water partition coefficient (Wildman–Crippen LogP) is 4.34. The average Bonchev–Trinajstić information content (AvgIpc) is 2.56. The fraction of sp³-hybridized carbons (Fsp3) is 0.250. The molecule has 0 radical (unpaired) electrons. The first-order valence-corrected chi connectivity index (χ1v) is 11.6. The van der Waals surface area contributed by atoms with Crippen LogP contribution in [0, 0.1) is 0 Å². The molecule has 0 aromatic heterocycles. The third kappa shape index (κ3) is 5.77. The molecule has 0 atom stereocenters. The van der Waals surface area contributed by atoms with E-state index in [1.165, 1.54) is 42.5 Å². The monoisotopic (exact) mass is 436 g/mol. The van der Waals surface area contributed by atoms with E-state index in [4.69, 9.17) is 23.2 Å². The Balaban J connectivity index is 2.14. The first-order chi connectivity index (χ1) is 12.1. The van der Waals surface area contributed by atoms with Gasteiger partial charge in [0.2, 0.25) is 10.0 Å². The molecule has 0 aliphatic heterocycles. The zero-order valence-corrected chi connectivity index (χ0v) is 17.0. The van der Waals surface area contributed by atoms with Crippen molar-refractivity contribution in [3.63, 3.8) is 0 Å². The van der Waals surface area contributed by atoms with Crippen molar-refractivity contribution in [2.75, 3.05) is 15.2 Å². The number of hydrogen-bond acceptors (Lipinski definition) is 4. The molecule has 10 heteroatoms. The summed E-state index contributed by atoms with van der Waals surface area (Å²) in [4.78, 5) is -0.0138. The summed E-state index contributed by atoms with van der Waals surface area (Å²) in [6.45, 7) is 1.90. The number of unbranched alkanes of at least 4 members (excludes halogenated alkanes) is 1. The molecule has 0 spiro atoms. The number of rotatable bonds is 8. The summed E-state index contributed by atoms with van der Waals surface area (Å²) in [6.07, 6.45) is 1.31. The second-order valence-electron chi connectivity index (χ2n) is 5.53. The highest BCUT2D eigenvalue weighted by molar-refractivity contribution is 7.93. The van der Waals surface area contributed by atoms with Gasteiger partial charge < -0.3 is 0 Å². The smallest absolute Gasteiger partial charge is 0.261 e. The van der Waals surface area contributed by atoms with Crippen molar-refractivity contribution >= 4 is 54.6 Å². The Morgan fingerprint density at radius 1 is 0.846 bits per heavy atom. The van der Waals surface area contributed by atoms with Gasteiger partial charge in [-0.15, -0.1) is 0 Å². The number of sulfonamides is 2. The summed E-state index contributed by atoms with van der Waals surface area (Å²) in [5, 5.41) is 0.540. The van der Waals surface area contributed by atoms with Gasteiger partial charge in [-0.3, -0.25) is 9.44 Å². The molecule has 0 amide bonds. The minimum absolute atomic E-state index is 0.0138. The van der Waals surface area contributed by atoms with Crippen molar-refractivity contribution < 1.29 is 16.8 Å². The maximum atomic E-state index is 12.4. The van der Waals surface area contributed by atoms with Gasteiger partial charge in [0, 0.05) is 5.69 Å². The Bertz CT molecular complexity index is 976. The van der Waals surface area contributed by atoms with Crippen LogP contribution in [0.25, 0.3) is 0 Å². The van der Waals surface area contributed by atoms with E-state index < -0.39 is 20.0 Å². The number of anilines is 2. The van der Waals surface area contributed by atoms with E-state index >= 15 is 0 Å². The maximum Gasteiger partial charge on any atom is 0.261 e. The zero-order chi connectivity index (χ0) is 19.4. The second-order valence-corrected chi connectivity index (χ2v) is 9.87. The Morgan fingerprint density at radius 2 is 1.46 bits per heavy atom. The largest absolute Gasteiger partial charge is 0.284 e. The van der Waals surface area contributed by atoms with E-state index in [1.54, 1.807) is 0 Å². The molecule has 2 aromatic carbocycles. The van der Waals surface area contributed by atoms with Gasteiger partial charge in [-0.2, -0.15) is 0 Å². The summed E-state index contributed by atoms with van der Waals surface area (Å²) in [5.74, 6) is 0.0163. The second kappa shape index (κ2) is 8.47. The fourth-order valence-corrected chi connectivity index (χ4v) is 4.65. The summed E-state index contributed by atoms with van der Waals surface area (Å²) >= 11 is 11.7. The SMILES string of the molecule is CCCCS(=O)(=O)Nc1ccc(S(=O)(=O)Nc2ccc(Cl)c(Cl)c2)cc1. The van der Waals surface area contributed by atoms with Gasteiger partial charge in [-0.1, -0.05) is 36.5 Å². The van der Waals surface area contributed by atoms with E-state index in [0.717, 1.165) is 6.42 Å². The lowest BCUT2D eigenvalue weighted by Gasteiger charge is -2.11. The van der Waals surface area contributed by atoms with E-state index in [2.05, 4.69) is 9.44 Å². The maximum absolute atomic E-state index is 12.4. The van der Waals surface area contributed by atoms with E-state index in [9.17, 15) is 16.8 Å². The van der Waals surface area contributed by atoms with Crippen molar-refractivity contribution in [3.8, 4) is 0 Å². The number of benzene rings is 2. The molecule has 0 bridgehead atoms. The lowest BCUT2D eigenvalue weighted by molar-refractivity contribution is 0.597. The third-order valence-corrected chi connectivity index (χ3v) is 6.89. The van der Waals surface area contributed by atoms with Gasteiger partial charge in [0.05, 0.1) is 26.4 Å². The lowest BCUT2D eigenvalue weighted by atomic mass is 10.3. The van der Waals surface area contributed by atoms with Gasteiger partial charge in [-0.25, -0.2) is 16.8 Å². The van der Waals surface area contributed by atoms with Crippen LogP contribution in [-0.4, -0.2) is 22.6 Å². The number of hydrogen-bond donors (Lipinski definition) is 2. The van der Waals surface area contributed by atoms with Gasteiger partial charge in [0.1, 0.15) is 0 Å². The average molecular weight is 437 g/mol. The molecule has 0 aliphatic carbocycles. The molecule has 0 saturated heterocycles. The van der Waals surface area contributed by atoms with Crippen LogP contribution in [0.2, 0.25) is 10.0 Å².